The van der Waals surface area contributed by atoms with Crippen LogP contribution in [-0.4, -0.2) is 44.9 Å². The number of rotatable bonds is 6. The van der Waals surface area contributed by atoms with Gasteiger partial charge in [0.05, 0.1) is 12.2 Å². The van der Waals surface area contributed by atoms with Crippen molar-refractivity contribution in [3.05, 3.63) is 28.8 Å². The summed E-state index contributed by atoms with van der Waals surface area (Å²) in [5, 5.41) is 6.95. The van der Waals surface area contributed by atoms with Crippen LogP contribution in [-0.2, 0) is 4.74 Å². The zero-order valence-corrected chi connectivity index (χ0v) is 15.0. The smallest absolute Gasteiger partial charge is 0.255 e. The van der Waals surface area contributed by atoms with Gasteiger partial charge in [0, 0.05) is 24.2 Å². The summed E-state index contributed by atoms with van der Waals surface area (Å²) < 4.78 is 10.6. The van der Waals surface area contributed by atoms with Crippen molar-refractivity contribution < 1.29 is 14.3 Å². The van der Waals surface area contributed by atoms with Crippen molar-refractivity contribution in [3.8, 4) is 5.75 Å². The minimum atomic E-state index is -0.157. The Morgan fingerprint density at radius 2 is 2.22 bits per heavy atom. The molecule has 1 aliphatic heterocycles. The first kappa shape index (κ1) is 20.0. The number of halogens is 2. The van der Waals surface area contributed by atoms with Crippen LogP contribution in [0, 0.1) is 0 Å². The maximum atomic E-state index is 12.6. The Kier molecular flexibility index (Phi) is 8.69. The average Bonchev–Trinajstić information content (AvgIpc) is 2.51. The molecule has 1 saturated heterocycles. The van der Waals surface area contributed by atoms with E-state index < -0.39 is 0 Å². The van der Waals surface area contributed by atoms with E-state index in [1.165, 1.54) is 0 Å². The second kappa shape index (κ2) is 9.98. The molecule has 5 nitrogen and oxygen atoms in total. The summed E-state index contributed by atoms with van der Waals surface area (Å²) in [6.45, 7) is 3.93. The molecule has 1 aliphatic rings. The summed E-state index contributed by atoms with van der Waals surface area (Å²) in [6.07, 6.45) is 2.03. The van der Waals surface area contributed by atoms with E-state index in [1.54, 1.807) is 25.3 Å². The van der Waals surface area contributed by atoms with Gasteiger partial charge < -0.3 is 20.1 Å². The van der Waals surface area contributed by atoms with Crippen LogP contribution < -0.4 is 15.4 Å². The van der Waals surface area contributed by atoms with Crippen LogP contribution >= 0.6 is 24.0 Å². The van der Waals surface area contributed by atoms with E-state index in [9.17, 15) is 4.79 Å². The van der Waals surface area contributed by atoms with Gasteiger partial charge in [-0.15, -0.1) is 12.4 Å². The molecule has 0 aliphatic carbocycles. The number of carbonyl (C=O) groups is 1. The number of hydrogen-bond donors (Lipinski definition) is 2. The Balaban J connectivity index is 0.00000264. The maximum Gasteiger partial charge on any atom is 0.255 e. The molecular weight excluding hydrogens is 339 g/mol. The number of ether oxygens (including phenoxy) is 2. The van der Waals surface area contributed by atoms with Gasteiger partial charge in [0.25, 0.3) is 5.91 Å². The number of methoxy groups -OCH3 is 1. The summed E-state index contributed by atoms with van der Waals surface area (Å²) in [4.78, 5) is 12.6. The molecule has 0 bridgehead atoms. The molecule has 0 radical (unpaired) electrons. The third-order valence-electron chi connectivity index (χ3n) is 3.81. The highest BCUT2D eigenvalue weighted by Gasteiger charge is 2.24. The molecular formula is C16H24Cl2N2O3. The number of amides is 1. The monoisotopic (exact) mass is 362 g/mol. The van der Waals surface area contributed by atoms with Crippen LogP contribution in [0.5, 0.6) is 5.75 Å². The first-order valence-corrected chi connectivity index (χ1v) is 7.95. The van der Waals surface area contributed by atoms with Crippen molar-refractivity contribution in [2.75, 3.05) is 26.9 Å². The third-order valence-corrected chi connectivity index (χ3v) is 4.04. The van der Waals surface area contributed by atoms with Gasteiger partial charge >= 0.3 is 0 Å². The zero-order chi connectivity index (χ0) is 15.9. The summed E-state index contributed by atoms with van der Waals surface area (Å²) in [5.41, 5.74) is 0.460. The van der Waals surface area contributed by atoms with Gasteiger partial charge in [-0.2, -0.15) is 0 Å². The van der Waals surface area contributed by atoms with E-state index >= 15 is 0 Å². The van der Waals surface area contributed by atoms with Crippen molar-refractivity contribution >= 4 is 29.9 Å². The first-order chi connectivity index (χ1) is 10.6. The minimum Gasteiger partial charge on any atom is -0.490 e. The number of hydrogen-bond acceptors (Lipinski definition) is 4. The second-order valence-corrected chi connectivity index (χ2v) is 5.88. The number of piperidine rings is 1. The van der Waals surface area contributed by atoms with Crippen LogP contribution in [0.2, 0.25) is 5.02 Å². The lowest BCUT2D eigenvalue weighted by Gasteiger charge is -2.30. The zero-order valence-electron chi connectivity index (χ0n) is 13.4. The Labute approximate surface area is 148 Å². The van der Waals surface area contributed by atoms with Crippen LogP contribution in [0.4, 0.5) is 0 Å². The van der Waals surface area contributed by atoms with Gasteiger partial charge in [0.2, 0.25) is 0 Å². The lowest BCUT2D eigenvalue weighted by Crippen LogP contribution is -2.51. The third kappa shape index (κ3) is 5.84. The lowest BCUT2D eigenvalue weighted by atomic mass is 9.99. The molecule has 2 unspecified atom stereocenters. The quantitative estimate of drug-likeness (QED) is 0.763. The highest BCUT2D eigenvalue weighted by molar-refractivity contribution is 6.31. The minimum absolute atomic E-state index is 0. The molecule has 130 valence electrons. The Morgan fingerprint density at radius 1 is 1.43 bits per heavy atom. The fraction of sp³-hybridized carbons (Fsp3) is 0.562. The van der Waals surface area contributed by atoms with Crippen molar-refractivity contribution in [2.24, 2.45) is 0 Å². The molecule has 2 N–H and O–H groups in total. The lowest BCUT2D eigenvalue weighted by molar-refractivity contribution is 0.0912. The van der Waals surface area contributed by atoms with E-state index in [2.05, 4.69) is 17.6 Å². The van der Waals surface area contributed by atoms with Gasteiger partial charge in [-0.3, -0.25) is 4.79 Å². The Bertz CT molecular complexity index is 514. The fourth-order valence-corrected chi connectivity index (χ4v) is 2.70. The maximum absolute atomic E-state index is 12.6. The predicted molar refractivity (Wildman–Crippen MR) is 94.0 cm³/mol. The number of carbonyl (C=O) groups excluding carboxylic acids is 1. The molecule has 1 aromatic carbocycles. The molecule has 23 heavy (non-hydrogen) atoms. The van der Waals surface area contributed by atoms with Gasteiger partial charge in [0.1, 0.15) is 12.4 Å². The van der Waals surface area contributed by atoms with Gasteiger partial charge in [-0.1, -0.05) is 11.6 Å². The predicted octanol–water partition coefficient (Wildman–Crippen LogP) is 2.66. The van der Waals surface area contributed by atoms with Gasteiger partial charge in [-0.05, 0) is 44.5 Å². The van der Waals surface area contributed by atoms with Crippen LogP contribution in [0.15, 0.2) is 18.2 Å². The summed E-state index contributed by atoms with van der Waals surface area (Å²) >= 11 is 6.02. The summed E-state index contributed by atoms with van der Waals surface area (Å²) in [7, 11) is 1.61. The first-order valence-electron chi connectivity index (χ1n) is 7.57. The molecule has 2 rings (SSSR count). The SMILES string of the molecule is COCCOc1ccc(Cl)cc1C(=O)NC1CCCNC1C.Cl. The second-order valence-electron chi connectivity index (χ2n) is 5.45. The standard InChI is InChI=1S/C16H23ClN2O3.ClH/c1-11-14(4-3-7-18-11)19-16(20)13-10-12(17)5-6-15(13)22-9-8-21-2;/h5-6,10-11,14,18H,3-4,7-9H2,1-2H3,(H,19,20);1H. The van der Waals surface area contributed by atoms with E-state index in [0.717, 1.165) is 19.4 Å². The van der Waals surface area contributed by atoms with E-state index in [4.69, 9.17) is 21.1 Å². The molecule has 7 heteroatoms. The van der Waals surface area contributed by atoms with Crippen LogP contribution in [0.3, 0.4) is 0 Å². The molecule has 1 fully saturated rings. The fourth-order valence-electron chi connectivity index (χ4n) is 2.53. The molecule has 0 aromatic heterocycles. The normalized spacial score (nSPS) is 20.5. The molecule has 0 spiro atoms. The van der Waals surface area contributed by atoms with Crippen molar-refractivity contribution in [3.63, 3.8) is 0 Å². The number of nitrogens with one attached hydrogen (secondary N) is 2. The summed E-state index contributed by atoms with van der Waals surface area (Å²) in [6, 6.07) is 5.45. The van der Waals surface area contributed by atoms with E-state index in [1.807, 2.05) is 0 Å². The van der Waals surface area contributed by atoms with Crippen LogP contribution in [0.1, 0.15) is 30.1 Å². The van der Waals surface area contributed by atoms with Crippen molar-refractivity contribution in [1.29, 1.82) is 0 Å². The molecule has 0 saturated carbocycles. The average molecular weight is 363 g/mol. The van der Waals surface area contributed by atoms with Gasteiger partial charge in [0.15, 0.2) is 0 Å². The molecule has 2 atom stereocenters. The van der Waals surface area contributed by atoms with Gasteiger partial charge in [-0.25, -0.2) is 0 Å². The molecule has 1 heterocycles. The Hall–Kier alpha value is -1.01. The molecule has 1 amide bonds. The topological polar surface area (TPSA) is 59.6 Å². The Morgan fingerprint density at radius 3 is 2.91 bits per heavy atom. The highest BCUT2D eigenvalue weighted by atomic mass is 35.5. The van der Waals surface area contributed by atoms with Crippen molar-refractivity contribution in [2.45, 2.75) is 31.8 Å². The highest BCUT2D eigenvalue weighted by Crippen LogP contribution is 2.23. The largest absolute Gasteiger partial charge is 0.490 e. The van der Waals surface area contributed by atoms with E-state index in [-0.39, 0.29) is 30.4 Å². The van der Waals surface area contributed by atoms with E-state index in [0.29, 0.717) is 29.5 Å². The molecule has 1 aromatic rings. The van der Waals surface area contributed by atoms with Crippen LogP contribution in [0.25, 0.3) is 0 Å². The van der Waals surface area contributed by atoms with Crippen molar-refractivity contribution in [1.82, 2.24) is 10.6 Å². The number of benzene rings is 1. The summed E-state index contributed by atoms with van der Waals surface area (Å²) in [5.74, 6) is 0.367.